The van der Waals surface area contributed by atoms with Gasteiger partial charge in [0.25, 0.3) is 5.91 Å². The summed E-state index contributed by atoms with van der Waals surface area (Å²) in [6.07, 6.45) is 0. The van der Waals surface area contributed by atoms with Gasteiger partial charge in [0.1, 0.15) is 18.0 Å². The monoisotopic (exact) mass is 388 g/mol. The Morgan fingerprint density at radius 3 is 2.70 bits per heavy atom. The lowest BCUT2D eigenvalue weighted by Crippen LogP contribution is -2.45. The van der Waals surface area contributed by atoms with Crippen LogP contribution < -0.4 is 14.4 Å². The predicted molar refractivity (Wildman–Crippen MR) is 103 cm³/mol. The molecule has 6 nitrogen and oxygen atoms in total. The minimum absolute atomic E-state index is 0.0664. The van der Waals surface area contributed by atoms with Crippen molar-refractivity contribution >= 4 is 29.1 Å². The van der Waals surface area contributed by atoms with Gasteiger partial charge in [-0.1, -0.05) is 23.7 Å². The van der Waals surface area contributed by atoms with E-state index in [4.69, 9.17) is 21.1 Å². The van der Waals surface area contributed by atoms with Gasteiger partial charge in [-0.3, -0.25) is 14.5 Å². The number of halogens is 1. The topological polar surface area (TPSA) is 59.1 Å². The molecule has 2 aromatic rings. The number of hydrogen-bond donors (Lipinski definition) is 0. The Kier molecular flexibility index (Phi) is 5.86. The van der Waals surface area contributed by atoms with Crippen molar-refractivity contribution in [1.82, 2.24) is 4.90 Å². The number of ether oxygens (including phenoxy) is 2. The first-order valence-electron chi connectivity index (χ1n) is 8.66. The molecule has 0 aromatic heterocycles. The molecule has 0 bridgehead atoms. The zero-order valence-corrected chi connectivity index (χ0v) is 16.0. The van der Waals surface area contributed by atoms with Crippen LogP contribution in [0.15, 0.2) is 42.5 Å². The summed E-state index contributed by atoms with van der Waals surface area (Å²) in [5.41, 5.74) is 1.49. The normalized spacial score (nSPS) is 13.0. The third-order valence-electron chi connectivity index (χ3n) is 4.24. The molecule has 0 unspecified atom stereocenters. The first-order valence-corrected chi connectivity index (χ1v) is 9.04. The molecule has 0 N–H and O–H groups in total. The Labute approximate surface area is 163 Å². The molecule has 7 heteroatoms. The number of rotatable bonds is 6. The third-order valence-corrected chi connectivity index (χ3v) is 4.47. The van der Waals surface area contributed by atoms with Crippen molar-refractivity contribution in [2.75, 3.05) is 31.7 Å². The van der Waals surface area contributed by atoms with E-state index in [1.165, 1.54) is 4.90 Å². The van der Waals surface area contributed by atoms with E-state index in [2.05, 4.69) is 0 Å². The van der Waals surface area contributed by atoms with Crippen molar-refractivity contribution in [3.8, 4) is 11.5 Å². The number of hydrogen-bond acceptors (Lipinski definition) is 4. The number of anilines is 1. The molecule has 0 saturated carbocycles. The molecule has 1 heterocycles. The maximum Gasteiger partial charge on any atom is 0.265 e. The maximum atomic E-state index is 12.7. The SMILES string of the molecule is CCOc1ccc(CN(C)C(=O)CN2C(=O)COc3ccc(Cl)cc32)cc1. The highest BCUT2D eigenvalue weighted by atomic mass is 35.5. The van der Waals surface area contributed by atoms with Crippen molar-refractivity contribution in [2.45, 2.75) is 13.5 Å². The van der Waals surface area contributed by atoms with Crippen LogP contribution in [0.5, 0.6) is 11.5 Å². The van der Waals surface area contributed by atoms with Crippen LogP contribution in [0.3, 0.4) is 0 Å². The Hall–Kier alpha value is -2.73. The third kappa shape index (κ3) is 4.52. The summed E-state index contributed by atoms with van der Waals surface area (Å²) in [6.45, 7) is 2.81. The zero-order chi connectivity index (χ0) is 19.4. The van der Waals surface area contributed by atoms with Gasteiger partial charge in [-0.25, -0.2) is 0 Å². The predicted octanol–water partition coefficient (Wildman–Crippen LogP) is 3.12. The molecule has 2 amide bonds. The molecule has 0 saturated heterocycles. The van der Waals surface area contributed by atoms with Crippen LogP contribution in [0.25, 0.3) is 0 Å². The van der Waals surface area contributed by atoms with Crippen LogP contribution in [0.4, 0.5) is 5.69 Å². The van der Waals surface area contributed by atoms with Gasteiger partial charge in [0.2, 0.25) is 5.91 Å². The fourth-order valence-electron chi connectivity index (χ4n) is 2.82. The lowest BCUT2D eigenvalue weighted by atomic mass is 10.2. The summed E-state index contributed by atoms with van der Waals surface area (Å²) in [4.78, 5) is 27.9. The number of fused-ring (bicyclic) bond motifs is 1. The van der Waals surface area contributed by atoms with Gasteiger partial charge in [0, 0.05) is 18.6 Å². The van der Waals surface area contributed by atoms with E-state index in [1.54, 1.807) is 30.1 Å². The van der Waals surface area contributed by atoms with Crippen LogP contribution in [0.2, 0.25) is 5.02 Å². The van der Waals surface area contributed by atoms with Crippen LogP contribution in [-0.4, -0.2) is 43.5 Å². The second-order valence-corrected chi connectivity index (χ2v) is 6.64. The standard InChI is InChI=1S/C20H21ClN2O4/c1-3-26-16-7-4-14(5-8-16)11-22(2)19(24)12-23-17-10-15(21)6-9-18(17)27-13-20(23)25/h4-10H,3,11-13H2,1-2H3. The smallest absolute Gasteiger partial charge is 0.265 e. The summed E-state index contributed by atoms with van der Waals surface area (Å²) in [5.74, 6) is 0.890. The molecule has 0 radical (unpaired) electrons. The van der Waals surface area contributed by atoms with E-state index in [0.717, 1.165) is 11.3 Å². The second-order valence-electron chi connectivity index (χ2n) is 6.21. The molecule has 3 rings (SSSR count). The average molecular weight is 389 g/mol. The quantitative estimate of drug-likeness (QED) is 0.762. The summed E-state index contributed by atoms with van der Waals surface area (Å²) in [5, 5.41) is 0.479. The van der Waals surface area contributed by atoms with Crippen molar-refractivity contribution in [3.63, 3.8) is 0 Å². The highest BCUT2D eigenvalue weighted by Crippen LogP contribution is 2.34. The Morgan fingerprint density at radius 2 is 2.00 bits per heavy atom. The lowest BCUT2D eigenvalue weighted by Gasteiger charge is -2.30. The highest BCUT2D eigenvalue weighted by Gasteiger charge is 2.28. The van der Waals surface area contributed by atoms with Gasteiger partial charge in [-0.15, -0.1) is 0 Å². The molecule has 1 aliphatic rings. The number of nitrogens with zero attached hydrogens (tertiary/aromatic N) is 2. The Bertz CT molecular complexity index is 838. The van der Waals surface area contributed by atoms with Crippen molar-refractivity contribution in [3.05, 3.63) is 53.1 Å². The molecular formula is C20H21ClN2O4. The van der Waals surface area contributed by atoms with Gasteiger partial charge in [-0.2, -0.15) is 0 Å². The molecule has 0 spiro atoms. The molecule has 2 aromatic carbocycles. The first-order chi connectivity index (χ1) is 13.0. The minimum Gasteiger partial charge on any atom is -0.494 e. The zero-order valence-electron chi connectivity index (χ0n) is 15.3. The van der Waals surface area contributed by atoms with Gasteiger partial charge in [-0.05, 0) is 42.8 Å². The number of carbonyl (C=O) groups is 2. The minimum atomic E-state index is -0.271. The van der Waals surface area contributed by atoms with Crippen molar-refractivity contribution in [2.24, 2.45) is 0 Å². The first kappa shape index (κ1) is 19.0. The number of benzene rings is 2. The summed E-state index contributed by atoms with van der Waals surface area (Å²) in [6, 6.07) is 12.6. The summed E-state index contributed by atoms with van der Waals surface area (Å²) in [7, 11) is 1.71. The van der Waals surface area contributed by atoms with Crippen molar-refractivity contribution in [1.29, 1.82) is 0 Å². The number of amides is 2. The second kappa shape index (κ2) is 8.31. The van der Waals surface area contributed by atoms with Gasteiger partial charge >= 0.3 is 0 Å². The van der Waals surface area contributed by atoms with Crippen LogP contribution in [-0.2, 0) is 16.1 Å². The largest absolute Gasteiger partial charge is 0.494 e. The molecule has 0 atom stereocenters. The van der Waals surface area contributed by atoms with E-state index < -0.39 is 0 Å². The fraction of sp³-hybridized carbons (Fsp3) is 0.300. The van der Waals surface area contributed by atoms with Crippen LogP contribution >= 0.6 is 11.6 Å². The van der Waals surface area contributed by atoms with Gasteiger partial charge in [0.15, 0.2) is 6.61 Å². The Morgan fingerprint density at radius 1 is 1.26 bits per heavy atom. The number of carbonyl (C=O) groups excluding carboxylic acids is 2. The van der Waals surface area contributed by atoms with Gasteiger partial charge in [0.05, 0.1) is 12.3 Å². The average Bonchev–Trinajstić information content (AvgIpc) is 2.65. The fourth-order valence-corrected chi connectivity index (χ4v) is 2.99. The molecule has 0 aliphatic carbocycles. The number of likely N-dealkylation sites (N-methyl/N-ethyl adjacent to an activating group) is 1. The van der Waals surface area contributed by atoms with E-state index in [9.17, 15) is 9.59 Å². The van der Waals surface area contributed by atoms with E-state index in [1.807, 2.05) is 31.2 Å². The van der Waals surface area contributed by atoms with Crippen LogP contribution in [0, 0.1) is 0 Å². The van der Waals surface area contributed by atoms with E-state index >= 15 is 0 Å². The molecule has 1 aliphatic heterocycles. The van der Waals surface area contributed by atoms with E-state index in [-0.39, 0.29) is 25.0 Å². The lowest BCUT2D eigenvalue weighted by molar-refractivity contribution is -0.131. The Balaban J connectivity index is 1.67. The molecule has 0 fully saturated rings. The summed E-state index contributed by atoms with van der Waals surface area (Å²) >= 11 is 6.03. The maximum absolute atomic E-state index is 12.7. The molecule has 27 heavy (non-hydrogen) atoms. The molecule has 142 valence electrons. The molecular weight excluding hydrogens is 368 g/mol. The van der Waals surface area contributed by atoms with E-state index in [0.29, 0.717) is 29.6 Å². The van der Waals surface area contributed by atoms with Crippen LogP contribution in [0.1, 0.15) is 12.5 Å². The summed E-state index contributed by atoms with van der Waals surface area (Å²) < 4.78 is 10.8. The van der Waals surface area contributed by atoms with Crippen molar-refractivity contribution < 1.29 is 19.1 Å². The van der Waals surface area contributed by atoms with Gasteiger partial charge < -0.3 is 14.4 Å². The highest BCUT2D eigenvalue weighted by molar-refractivity contribution is 6.31.